The summed E-state index contributed by atoms with van der Waals surface area (Å²) in [6.45, 7) is 0. The smallest absolute Gasteiger partial charge is 0.404 e. The average Bonchev–Trinajstić information content (AvgIpc) is 2.47. The summed E-state index contributed by atoms with van der Waals surface area (Å²) in [7, 11) is 0. The Labute approximate surface area is 75.7 Å². The molecule has 7 heteroatoms. The Hall–Kier alpha value is -1.79. The lowest BCUT2D eigenvalue weighted by Crippen LogP contribution is -2.17. The normalized spacial score (nSPS) is 11.9. The molecule has 2 heterocycles. The molecule has 2 aromatic rings. The summed E-state index contributed by atoms with van der Waals surface area (Å²) in [4.78, 5) is 3.71. The molecule has 0 saturated heterocycles. The molecule has 0 unspecified atom stereocenters. The van der Waals surface area contributed by atoms with Crippen molar-refractivity contribution in [2.24, 2.45) is 0 Å². The summed E-state index contributed by atoms with van der Waals surface area (Å²) >= 11 is 0. The predicted molar refractivity (Wildman–Crippen MR) is 40.6 cm³/mol. The maximum Gasteiger partial charge on any atom is 0.573 e. The lowest BCUT2D eigenvalue weighted by molar-refractivity contribution is -0.274. The number of aromatic nitrogens is 3. The fourth-order valence-corrected chi connectivity index (χ4v) is 1.00. The van der Waals surface area contributed by atoms with E-state index in [0.29, 0.717) is 11.0 Å². The number of rotatable bonds is 1. The van der Waals surface area contributed by atoms with Crippen LogP contribution in [0.25, 0.3) is 11.0 Å². The Morgan fingerprint density at radius 3 is 2.79 bits per heavy atom. The van der Waals surface area contributed by atoms with Gasteiger partial charge in [-0.1, -0.05) is 0 Å². The van der Waals surface area contributed by atoms with Gasteiger partial charge in [0, 0.05) is 6.07 Å². The zero-order valence-corrected chi connectivity index (χ0v) is 6.67. The minimum Gasteiger partial charge on any atom is -0.404 e. The Balaban J connectivity index is 2.35. The van der Waals surface area contributed by atoms with Crippen molar-refractivity contribution in [2.45, 2.75) is 6.36 Å². The van der Waals surface area contributed by atoms with Gasteiger partial charge in [0.15, 0.2) is 0 Å². The van der Waals surface area contributed by atoms with Gasteiger partial charge in [0.1, 0.15) is 11.3 Å². The molecule has 2 aromatic heterocycles. The molecule has 0 aliphatic rings. The summed E-state index contributed by atoms with van der Waals surface area (Å²) in [6, 6.07) is 1.18. The van der Waals surface area contributed by atoms with Gasteiger partial charge in [-0.3, -0.25) is 5.10 Å². The van der Waals surface area contributed by atoms with E-state index in [-0.39, 0.29) is 5.75 Å². The van der Waals surface area contributed by atoms with E-state index in [0.717, 1.165) is 6.20 Å². The zero-order valence-electron chi connectivity index (χ0n) is 6.67. The molecule has 0 atom stereocenters. The second kappa shape index (κ2) is 2.86. The standard InChI is InChI=1S/C7H4F3N3O/c8-7(9,10)14-4-1-5-6(11-2-4)3-12-13-5/h1-3H,(H,12,13). The van der Waals surface area contributed by atoms with Gasteiger partial charge in [0.05, 0.1) is 17.9 Å². The molecule has 4 nitrogen and oxygen atoms in total. The highest BCUT2D eigenvalue weighted by molar-refractivity contribution is 5.74. The van der Waals surface area contributed by atoms with Gasteiger partial charge < -0.3 is 4.74 Å². The van der Waals surface area contributed by atoms with E-state index in [4.69, 9.17) is 0 Å². The molecule has 1 N–H and O–H groups in total. The molecular weight excluding hydrogens is 199 g/mol. The Bertz CT molecular complexity index is 451. The number of halogens is 3. The monoisotopic (exact) mass is 203 g/mol. The lowest BCUT2D eigenvalue weighted by Gasteiger charge is -2.07. The van der Waals surface area contributed by atoms with Crippen LogP contribution in [0.5, 0.6) is 5.75 Å². The number of fused-ring (bicyclic) bond motifs is 1. The van der Waals surface area contributed by atoms with Crippen molar-refractivity contribution in [3.05, 3.63) is 18.5 Å². The van der Waals surface area contributed by atoms with Crippen LogP contribution in [0.1, 0.15) is 0 Å². The number of aromatic amines is 1. The molecule has 0 radical (unpaired) electrons. The van der Waals surface area contributed by atoms with Crippen LogP contribution >= 0.6 is 0 Å². The Morgan fingerprint density at radius 2 is 2.07 bits per heavy atom. The number of hydrogen-bond acceptors (Lipinski definition) is 3. The Morgan fingerprint density at radius 1 is 1.29 bits per heavy atom. The van der Waals surface area contributed by atoms with E-state index in [1.54, 1.807) is 0 Å². The van der Waals surface area contributed by atoms with Crippen molar-refractivity contribution < 1.29 is 17.9 Å². The summed E-state index contributed by atoms with van der Waals surface area (Å²) < 4.78 is 39.0. The van der Waals surface area contributed by atoms with Crippen molar-refractivity contribution in [1.29, 1.82) is 0 Å². The molecule has 0 spiro atoms. The van der Waals surface area contributed by atoms with Gasteiger partial charge >= 0.3 is 6.36 Å². The average molecular weight is 203 g/mol. The van der Waals surface area contributed by atoms with Crippen LogP contribution in [0.15, 0.2) is 18.5 Å². The molecule has 0 saturated carbocycles. The van der Waals surface area contributed by atoms with Gasteiger partial charge in [0.25, 0.3) is 0 Å². The third-order valence-electron chi connectivity index (χ3n) is 1.50. The Kier molecular flexibility index (Phi) is 1.80. The van der Waals surface area contributed by atoms with Crippen molar-refractivity contribution in [1.82, 2.24) is 15.2 Å². The van der Waals surface area contributed by atoms with Crippen LogP contribution in [-0.4, -0.2) is 21.5 Å². The first-order valence-corrected chi connectivity index (χ1v) is 3.59. The first kappa shape index (κ1) is 8.79. The zero-order chi connectivity index (χ0) is 10.2. The molecule has 74 valence electrons. The second-order valence-corrected chi connectivity index (χ2v) is 2.52. The molecule has 14 heavy (non-hydrogen) atoms. The van der Waals surface area contributed by atoms with Crippen LogP contribution < -0.4 is 4.74 Å². The third-order valence-corrected chi connectivity index (χ3v) is 1.50. The molecule has 0 bridgehead atoms. The van der Waals surface area contributed by atoms with E-state index in [1.807, 2.05) is 0 Å². The molecule has 0 aromatic carbocycles. The number of pyridine rings is 1. The molecule has 0 aliphatic heterocycles. The maximum atomic E-state index is 11.8. The van der Waals surface area contributed by atoms with Crippen molar-refractivity contribution in [3.63, 3.8) is 0 Å². The summed E-state index contributed by atoms with van der Waals surface area (Å²) in [5.41, 5.74) is 0.881. The predicted octanol–water partition coefficient (Wildman–Crippen LogP) is 1.86. The highest BCUT2D eigenvalue weighted by atomic mass is 19.4. The lowest BCUT2D eigenvalue weighted by atomic mass is 10.4. The summed E-state index contributed by atoms with van der Waals surface area (Å²) in [5.74, 6) is -0.366. The molecule has 0 fully saturated rings. The number of ether oxygens (including phenoxy) is 1. The second-order valence-electron chi connectivity index (χ2n) is 2.52. The fraction of sp³-hybridized carbons (Fsp3) is 0.143. The SMILES string of the molecule is FC(F)(F)Oc1cnc2cn[nH]c2c1. The van der Waals surface area contributed by atoms with E-state index < -0.39 is 6.36 Å². The summed E-state index contributed by atoms with van der Waals surface area (Å²) in [5, 5.41) is 6.10. The molecular formula is C7H4F3N3O. The number of nitrogens with zero attached hydrogens (tertiary/aromatic N) is 2. The van der Waals surface area contributed by atoms with Gasteiger partial charge in [-0.25, -0.2) is 4.98 Å². The van der Waals surface area contributed by atoms with Gasteiger partial charge in [0.2, 0.25) is 0 Å². The number of H-pyrrole nitrogens is 1. The number of nitrogens with one attached hydrogen (secondary N) is 1. The van der Waals surface area contributed by atoms with Crippen LogP contribution in [0, 0.1) is 0 Å². The molecule has 0 amide bonds. The van der Waals surface area contributed by atoms with Crippen molar-refractivity contribution in [3.8, 4) is 5.75 Å². The van der Waals surface area contributed by atoms with Gasteiger partial charge in [-0.2, -0.15) is 5.10 Å². The van der Waals surface area contributed by atoms with E-state index in [2.05, 4.69) is 19.9 Å². The van der Waals surface area contributed by atoms with E-state index in [1.165, 1.54) is 12.3 Å². The largest absolute Gasteiger partial charge is 0.573 e. The highest BCUT2D eigenvalue weighted by Gasteiger charge is 2.31. The maximum absolute atomic E-state index is 11.8. The van der Waals surface area contributed by atoms with Crippen LogP contribution in [0.3, 0.4) is 0 Å². The van der Waals surface area contributed by atoms with Crippen molar-refractivity contribution >= 4 is 11.0 Å². The minimum absolute atomic E-state index is 0.366. The quantitative estimate of drug-likeness (QED) is 0.769. The number of alkyl halides is 3. The van der Waals surface area contributed by atoms with Gasteiger partial charge in [-0.15, -0.1) is 13.2 Å². The fourth-order valence-electron chi connectivity index (χ4n) is 1.00. The van der Waals surface area contributed by atoms with E-state index >= 15 is 0 Å². The van der Waals surface area contributed by atoms with Crippen LogP contribution in [0.2, 0.25) is 0 Å². The van der Waals surface area contributed by atoms with Crippen molar-refractivity contribution in [2.75, 3.05) is 0 Å². The van der Waals surface area contributed by atoms with Gasteiger partial charge in [-0.05, 0) is 0 Å². The van der Waals surface area contributed by atoms with Crippen LogP contribution in [-0.2, 0) is 0 Å². The van der Waals surface area contributed by atoms with Crippen LogP contribution in [0.4, 0.5) is 13.2 Å². The van der Waals surface area contributed by atoms with E-state index in [9.17, 15) is 13.2 Å². The third kappa shape index (κ3) is 1.76. The number of hydrogen-bond donors (Lipinski definition) is 1. The molecule has 2 rings (SSSR count). The molecule has 0 aliphatic carbocycles. The topological polar surface area (TPSA) is 50.8 Å². The first-order valence-electron chi connectivity index (χ1n) is 3.59. The first-order chi connectivity index (χ1) is 6.54. The highest BCUT2D eigenvalue weighted by Crippen LogP contribution is 2.23. The minimum atomic E-state index is -4.70. The summed E-state index contributed by atoms with van der Waals surface area (Å²) in [6.07, 6.45) is -2.30.